The zero-order valence-corrected chi connectivity index (χ0v) is 17.6. The second-order valence-electron chi connectivity index (χ2n) is 10.2. The summed E-state index contributed by atoms with van der Waals surface area (Å²) in [4.78, 5) is 12.9. The Morgan fingerprint density at radius 3 is 2.31 bits per heavy atom. The number of amides is 1. The Labute approximate surface area is 177 Å². The third-order valence-electron chi connectivity index (χ3n) is 8.08. The lowest BCUT2D eigenvalue weighted by atomic mass is 9.49. The van der Waals surface area contributed by atoms with Gasteiger partial charge in [-0.2, -0.15) is 0 Å². The normalized spacial score (nSPS) is 31.2. The van der Waals surface area contributed by atoms with Crippen molar-refractivity contribution in [1.29, 1.82) is 0 Å². The molecular weight excluding hydrogens is 376 g/mol. The van der Waals surface area contributed by atoms with Crippen LogP contribution in [0.5, 0.6) is 0 Å². The summed E-state index contributed by atoms with van der Waals surface area (Å²) in [6.07, 6.45) is 10.8. The number of hydrogen-bond acceptors (Lipinski definition) is 2. The van der Waals surface area contributed by atoms with Gasteiger partial charge in [0.05, 0.1) is 0 Å². The molecule has 0 unspecified atom stereocenters. The second kappa shape index (κ2) is 6.53. The number of thiocarbonyl (C=S) groups is 1. The van der Waals surface area contributed by atoms with Gasteiger partial charge in [0.2, 0.25) is 5.91 Å². The Hall–Kier alpha value is -1.94. The molecule has 29 heavy (non-hydrogen) atoms. The van der Waals surface area contributed by atoms with Crippen LogP contribution in [0.4, 0.5) is 5.69 Å². The van der Waals surface area contributed by atoms with Crippen LogP contribution < -0.4 is 10.6 Å². The predicted molar refractivity (Wildman–Crippen MR) is 121 cm³/mol. The van der Waals surface area contributed by atoms with Crippen LogP contribution in [0, 0.1) is 23.2 Å². The molecule has 7 rings (SSSR count). The molecule has 150 valence electrons. The molecule has 2 N–H and O–H groups in total. The Kier molecular flexibility index (Phi) is 4.03. The fraction of sp³-hybridized carbons (Fsp3) is 0.520. The van der Waals surface area contributed by atoms with Gasteiger partial charge in [0, 0.05) is 17.5 Å². The topological polar surface area (TPSA) is 41.1 Å². The third kappa shape index (κ3) is 3.07. The van der Waals surface area contributed by atoms with E-state index in [1.165, 1.54) is 60.4 Å². The van der Waals surface area contributed by atoms with Crippen molar-refractivity contribution in [3.8, 4) is 0 Å². The number of nitrogens with one attached hydrogen (secondary N) is 2. The lowest BCUT2D eigenvalue weighted by molar-refractivity contribution is -0.127. The third-order valence-corrected chi connectivity index (χ3v) is 8.28. The molecule has 2 aromatic rings. The SMILES string of the molecule is O=C(CC12CC3CC(CC(C3)C1)C2)NC(=S)Nc1ccc2c3c(cccc13)CC2. The van der Waals surface area contributed by atoms with Crippen LogP contribution in [0.3, 0.4) is 0 Å². The Morgan fingerprint density at radius 1 is 0.966 bits per heavy atom. The second-order valence-corrected chi connectivity index (χ2v) is 10.6. The molecule has 0 spiro atoms. The summed E-state index contributed by atoms with van der Waals surface area (Å²) in [7, 11) is 0. The van der Waals surface area contributed by atoms with E-state index in [4.69, 9.17) is 12.2 Å². The lowest BCUT2D eigenvalue weighted by Crippen LogP contribution is -2.48. The number of rotatable bonds is 3. The van der Waals surface area contributed by atoms with Gasteiger partial charge in [0.25, 0.3) is 0 Å². The first-order valence-corrected chi connectivity index (χ1v) is 11.6. The first-order chi connectivity index (χ1) is 14.1. The van der Waals surface area contributed by atoms with Crippen molar-refractivity contribution in [2.24, 2.45) is 23.2 Å². The molecule has 1 amide bonds. The van der Waals surface area contributed by atoms with Crippen LogP contribution in [-0.4, -0.2) is 11.0 Å². The molecule has 0 atom stereocenters. The number of carbonyl (C=O) groups excluding carboxylic acids is 1. The molecule has 0 saturated heterocycles. The van der Waals surface area contributed by atoms with Gasteiger partial charge in [0.1, 0.15) is 0 Å². The average molecular weight is 405 g/mol. The number of anilines is 1. The fourth-order valence-corrected chi connectivity index (χ4v) is 7.75. The van der Waals surface area contributed by atoms with Crippen LogP contribution in [0.25, 0.3) is 10.8 Å². The van der Waals surface area contributed by atoms with Gasteiger partial charge in [-0.15, -0.1) is 0 Å². The highest BCUT2D eigenvalue weighted by Gasteiger charge is 2.51. The first-order valence-electron chi connectivity index (χ1n) is 11.2. The van der Waals surface area contributed by atoms with Gasteiger partial charge in [0.15, 0.2) is 5.11 Å². The van der Waals surface area contributed by atoms with E-state index in [1.54, 1.807) is 0 Å². The molecule has 5 aliphatic carbocycles. The van der Waals surface area contributed by atoms with Crippen molar-refractivity contribution in [1.82, 2.24) is 5.32 Å². The van der Waals surface area contributed by atoms with E-state index >= 15 is 0 Å². The minimum absolute atomic E-state index is 0.0929. The van der Waals surface area contributed by atoms with E-state index in [9.17, 15) is 4.79 Å². The molecule has 2 aromatic carbocycles. The molecule has 0 heterocycles. The zero-order chi connectivity index (χ0) is 19.6. The van der Waals surface area contributed by atoms with Gasteiger partial charge < -0.3 is 10.6 Å². The monoisotopic (exact) mass is 404 g/mol. The Morgan fingerprint density at radius 2 is 1.62 bits per heavy atom. The van der Waals surface area contributed by atoms with E-state index in [2.05, 4.69) is 41.0 Å². The molecule has 4 fully saturated rings. The van der Waals surface area contributed by atoms with Crippen molar-refractivity contribution < 1.29 is 4.79 Å². The summed E-state index contributed by atoms with van der Waals surface area (Å²) in [6, 6.07) is 10.8. The molecule has 0 aromatic heterocycles. The summed E-state index contributed by atoms with van der Waals surface area (Å²) in [6.45, 7) is 0. The number of hydrogen-bond donors (Lipinski definition) is 2. The summed E-state index contributed by atoms with van der Waals surface area (Å²) in [5, 5.41) is 9.29. The van der Waals surface area contributed by atoms with Crippen molar-refractivity contribution in [3.63, 3.8) is 0 Å². The van der Waals surface area contributed by atoms with Gasteiger partial charge in [-0.1, -0.05) is 24.3 Å². The highest BCUT2D eigenvalue weighted by atomic mass is 32.1. The molecule has 5 aliphatic rings. The van der Waals surface area contributed by atoms with Gasteiger partial charge in [-0.05, 0) is 109 Å². The first kappa shape index (κ1) is 17.9. The van der Waals surface area contributed by atoms with Crippen molar-refractivity contribution in [2.75, 3.05) is 5.32 Å². The van der Waals surface area contributed by atoms with Gasteiger partial charge >= 0.3 is 0 Å². The van der Waals surface area contributed by atoms with E-state index in [0.29, 0.717) is 11.5 Å². The van der Waals surface area contributed by atoms with Crippen molar-refractivity contribution >= 4 is 39.7 Å². The quantitative estimate of drug-likeness (QED) is 0.677. The molecule has 3 nitrogen and oxygen atoms in total. The smallest absolute Gasteiger partial charge is 0.226 e. The van der Waals surface area contributed by atoms with Crippen LogP contribution in [0.2, 0.25) is 0 Å². The maximum Gasteiger partial charge on any atom is 0.226 e. The van der Waals surface area contributed by atoms with Gasteiger partial charge in [-0.3, -0.25) is 4.79 Å². The van der Waals surface area contributed by atoms with Crippen LogP contribution in [0.1, 0.15) is 56.1 Å². The number of carbonyl (C=O) groups is 1. The highest BCUT2D eigenvalue weighted by Crippen LogP contribution is 2.61. The molecule has 4 bridgehead atoms. The van der Waals surface area contributed by atoms with Crippen LogP contribution >= 0.6 is 12.2 Å². The van der Waals surface area contributed by atoms with E-state index in [-0.39, 0.29) is 11.3 Å². The number of aryl methyl sites for hydroxylation is 2. The summed E-state index contributed by atoms with van der Waals surface area (Å²) >= 11 is 5.52. The van der Waals surface area contributed by atoms with E-state index in [0.717, 1.165) is 36.3 Å². The maximum absolute atomic E-state index is 12.9. The number of benzene rings is 2. The predicted octanol–water partition coefficient (Wildman–Crippen LogP) is 5.36. The minimum Gasteiger partial charge on any atom is -0.332 e. The average Bonchev–Trinajstić information content (AvgIpc) is 3.07. The molecule has 0 radical (unpaired) electrons. The Bertz CT molecular complexity index is 981. The highest BCUT2D eigenvalue weighted by molar-refractivity contribution is 7.80. The molecule has 0 aliphatic heterocycles. The molecule has 4 heteroatoms. The molecular formula is C25H28N2OS. The Balaban J connectivity index is 1.15. The maximum atomic E-state index is 12.9. The molecule has 4 saturated carbocycles. The summed E-state index contributed by atoms with van der Waals surface area (Å²) in [5.41, 5.74) is 4.07. The zero-order valence-electron chi connectivity index (χ0n) is 16.8. The summed E-state index contributed by atoms with van der Waals surface area (Å²) < 4.78 is 0. The standard InChI is InChI=1S/C25H28N2OS/c28-22(14-25-11-15-8-16(12-25)10-17(9-15)13-25)27-24(29)26-21-7-6-19-5-4-18-2-1-3-20(21)23(18)19/h1-3,6-7,15-17H,4-5,8-14H2,(H2,26,27,28,29). The summed E-state index contributed by atoms with van der Waals surface area (Å²) in [5.74, 6) is 2.70. The van der Waals surface area contributed by atoms with E-state index < -0.39 is 0 Å². The fourth-order valence-electron chi connectivity index (χ4n) is 7.53. The van der Waals surface area contributed by atoms with Crippen LogP contribution in [0.15, 0.2) is 30.3 Å². The lowest BCUT2D eigenvalue weighted by Gasteiger charge is -2.56. The van der Waals surface area contributed by atoms with Crippen molar-refractivity contribution in [3.05, 3.63) is 41.5 Å². The minimum atomic E-state index is 0.0929. The van der Waals surface area contributed by atoms with E-state index in [1.807, 2.05) is 0 Å². The van der Waals surface area contributed by atoms with Crippen LogP contribution in [-0.2, 0) is 17.6 Å². The largest absolute Gasteiger partial charge is 0.332 e. The van der Waals surface area contributed by atoms with Gasteiger partial charge in [-0.25, -0.2) is 0 Å². The van der Waals surface area contributed by atoms with Crippen molar-refractivity contribution in [2.45, 2.75) is 57.8 Å².